The number of benzene rings is 5. The molecule has 5 aromatic carbocycles. The van der Waals surface area contributed by atoms with Crippen molar-refractivity contribution < 1.29 is 0 Å². The van der Waals surface area contributed by atoms with Crippen LogP contribution >= 0.6 is 0 Å². The van der Waals surface area contributed by atoms with Gasteiger partial charge in [-0.25, -0.2) is 0 Å². The van der Waals surface area contributed by atoms with Gasteiger partial charge in [-0.05, 0) is 66.1 Å². The second-order valence-electron chi connectivity index (χ2n) is 8.77. The van der Waals surface area contributed by atoms with Crippen molar-refractivity contribution >= 4 is 43.6 Å². The third-order valence-electron chi connectivity index (χ3n) is 6.85. The summed E-state index contributed by atoms with van der Waals surface area (Å²) in [5.41, 5.74) is 9.85. The summed E-state index contributed by atoms with van der Waals surface area (Å²) < 4.78 is 2.39. The monoisotopic (exact) mass is 422 g/mol. The highest BCUT2D eigenvalue weighted by atomic mass is 15.0. The Morgan fingerprint density at radius 3 is 2.15 bits per heavy atom. The predicted molar refractivity (Wildman–Crippen MR) is 140 cm³/mol. The normalized spacial score (nSPS) is 11.8. The lowest BCUT2D eigenvalue weighted by molar-refractivity contribution is 1.18. The number of aromatic amines is 1. The summed E-state index contributed by atoms with van der Waals surface area (Å²) in [5, 5.41) is 5.14. The van der Waals surface area contributed by atoms with E-state index in [1.54, 1.807) is 0 Å². The minimum absolute atomic E-state index is 1.18. The highest BCUT2D eigenvalue weighted by molar-refractivity contribution is 6.16. The van der Waals surface area contributed by atoms with Gasteiger partial charge in [-0.3, -0.25) is 0 Å². The van der Waals surface area contributed by atoms with E-state index in [0.717, 1.165) is 0 Å². The van der Waals surface area contributed by atoms with Crippen LogP contribution in [0.15, 0.2) is 109 Å². The van der Waals surface area contributed by atoms with Gasteiger partial charge in [0, 0.05) is 38.3 Å². The number of aryl methyl sites for hydroxylation is 1. The van der Waals surface area contributed by atoms with Gasteiger partial charge in [0.25, 0.3) is 0 Å². The number of hydrogen-bond acceptors (Lipinski definition) is 0. The second-order valence-corrected chi connectivity index (χ2v) is 8.77. The number of nitrogens with one attached hydrogen (secondary N) is 1. The molecule has 0 radical (unpaired) electrons. The molecule has 0 aliphatic heterocycles. The van der Waals surface area contributed by atoms with Crippen molar-refractivity contribution in [1.29, 1.82) is 0 Å². The topological polar surface area (TPSA) is 20.7 Å². The maximum atomic E-state index is 3.60. The zero-order valence-corrected chi connectivity index (χ0v) is 18.3. The summed E-state index contributed by atoms with van der Waals surface area (Å²) in [6.07, 6.45) is 0. The number of rotatable bonds is 2. The molecular weight excluding hydrogens is 400 g/mol. The van der Waals surface area contributed by atoms with Crippen LogP contribution in [0, 0.1) is 6.92 Å². The Kier molecular flexibility index (Phi) is 3.80. The summed E-state index contributed by atoms with van der Waals surface area (Å²) in [6.45, 7) is 2.23. The van der Waals surface area contributed by atoms with Gasteiger partial charge in [0.05, 0.1) is 11.0 Å². The Balaban J connectivity index is 1.62. The number of H-pyrrole nitrogens is 1. The van der Waals surface area contributed by atoms with Crippen LogP contribution in [0.3, 0.4) is 0 Å². The highest BCUT2D eigenvalue weighted by Crippen LogP contribution is 2.40. The van der Waals surface area contributed by atoms with E-state index in [0.29, 0.717) is 0 Å². The first-order chi connectivity index (χ1) is 16.3. The van der Waals surface area contributed by atoms with Crippen molar-refractivity contribution in [3.8, 4) is 16.8 Å². The van der Waals surface area contributed by atoms with E-state index in [1.807, 2.05) is 0 Å². The third kappa shape index (κ3) is 2.61. The van der Waals surface area contributed by atoms with E-state index in [1.165, 1.54) is 66.0 Å². The summed E-state index contributed by atoms with van der Waals surface area (Å²) in [4.78, 5) is 3.60. The van der Waals surface area contributed by atoms with Crippen LogP contribution in [0.5, 0.6) is 0 Å². The Bertz CT molecular complexity index is 1820. The van der Waals surface area contributed by atoms with Gasteiger partial charge in [-0.15, -0.1) is 0 Å². The highest BCUT2D eigenvalue weighted by Gasteiger charge is 2.17. The van der Waals surface area contributed by atoms with Crippen LogP contribution in [0.1, 0.15) is 5.56 Å². The van der Waals surface area contributed by atoms with Gasteiger partial charge in [0.15, 0.2) is 0 Å². The zero-order chi connectivity index (χ0) is 21.9. The van der Waals surface area contributed by atoms with Gasteiger partial charge in [-0.2, -0.15) is 0 Å². The standard InChI is InChI=1S/C31H22N2/c1-20-18-26-22-12-6-8-17-29(22)33(21-10-3-2-4-11-21)30(26)19-25(20)23-14-9-16-28-31(23)24-13-5-7-15-27(24)32-28/h2-19,32H,1H3. The molecule has 7 rings (SSSR count). The summed E-state index contributed by atoms with van der Waals surface area (Å²) >= 11 is 0. The fraction of sp³-hybridized carbons (Fsp3) is 0.0323. The summed E-state index contributed by atoms with van der Waals surface area (Å²) in [5.74, 6) is 0. The second kappa shape index (κ2) is 6.85. The number of aromatic nitrogens is 2. The van der Waals surface area contributed by atoms with Crippen molar-refractivity contribution in [3.63, 3.8) is 0 Å². The van der Waals surface area contributed by atoms with E-state index in [4.69, 9.17) is 0 Å². The molecule has 33 heavy (non-hydrogen) atoms. The SMILES string of the molecule is Cc1cc2c3ccccc3n(-c3ccccc3)c2cc1-c1cccc2[nH]c3ccccc3c12. The van der Waals surface area contributed by atoms with Crippen molar-refractivity contribution in [2.75, 3.05) is 0 Å². The lowest BCUT2D eigenvalue weighted by Gasteiger charge is -2.12. The average Bonchev–Trinajstić information content (AvgIpc) is 3.39. The quantitative estimate of drug-likeness (QED) is 0.289. The third-order valence-corrected chi connectivity index (χ3v) is 6.85. The molecule has 2 aromatic heterocycles. The van der Waals surface area contributed by atoms with Crippen LogP contribution in [-0.4, -0.2) is 9.55 Å². The van der Waals surface area contributed by atoms with Crippen LogP contribution in [-0.2, 0) is 0 Å². The predicted octanol–water partition coefficient (Wildman–Crippen LogP) is 8.39. The molecule has 7 aromatic rings. The molecule has 0 fully saturated rings. The summed E-state index contributed by atoms with van der Waals surface area (Å²) in [7, 11) is 0. The number of hydrogen-bond donors (Lipinski definition) is 1. The molecule has 0 aliphatic carbocycles. The van der Waals surface area contributed by atoms with E-state index >= 15 is 0 Å². The maximum Gasteiger partial charge on any atom is 0.0547 e. The molecule has 0 saturated heterocycles. The number of nitrogens with zero attached hydrogens (tertiary/aromatic N) is 1. The van der Waals surface area contributed by atoms with Crippen LogP contribution < -0.4 is 0 Å². The molecule has 0 spiro atoms. The Morgan fingerprint density at radius 2 is 1.27 bits per heavy atom. The van der Waals surface area contributed by atoms with Gasteiger partial charge < -0.3 is 9.55 Å². The molecule has 0 atom stereocenters. The van der Waals surface area contributed by atoms with Crippen molar-refractivity contribution in [2.24, 2.45) is 0 Å². The largest absolute Gasteiger partial charge is 0.354 e. The molecule has 2 nitrogen and oxygen atoms in total. The average molecular weight is 423 g/mol. The minimum atomic E-state index is 1.18. The van der Waals surface area contributed by atoms with E-state index in [2.05, 4.69) is 126 Å². The Hall–Kier alpha value is -4.30. The molecule has 1 N–H and O–H groups in total. The first-order valence-electron chi connectivity index (χ1n) is 11.4. The lowest BCUT2D eigenvalue weighted by Crippen LogP contribution is -1.94. The smallest absolute Gasteiger partial charge is 0.0547 e. The Labute approximate surface area is 191 Å². The first-order valence-corrected chi connectivity index (χ1v) is 11.4. The molecule has 0 saturated carbocycles. The molecule has 0 aliphatic rings. The van der Waals surface area contributed by atoms with Crippen molar-refractivity contribution in [1.82, 2.24) is 9.55 Å². The van der Waals surface area contributed by atoms with Crippen LogP contribution in [0.4, 0.5) is 0 Å². The zero-order valence-electron chi connectivity index (χ0n) is 18.3. The molecule has 2 heteroatoms. The van der Waals surface area contributed by atoms with Crippen LogP contribution in [0.25, 0.3) is 60.4 Å². The molecular formula is C31H22N2. The molecule has 156 valence electrons. The maximum absolute atomic E-state index is 3.60. The van der Waals surface area contributed by atoms with Crippen LogP contribution in [0.2, 0.25) is 0 Å². The molecule has 2 heterocycles. The lowest BCUT2D eigenvalue weighted by atomic mass is 9.94. The fourth-order valence-electron chi connectivity index (χ4n) is 5.40. The number of para-hydroxylation sites is 3. The Morgan fingerprint density at radius 1 is 0.545 bits per heavy atom. The van der Waals surface area contributed by atoms with Gasteiger partial charge in [0.2, 0.25) is 0 Å². The molecule has 0 bridgehead atoms. The van der Waals surface area contributed by atoms with Crippen molar-refractivity contribution in [2.45, 2.75) is 6.92 Å². The summed E-state index contributed by atoms with van der Waals surface area (Å²) in [6, 6.07) is 39.3. The van der Waals surface area contributed by atoms with E-state index in [9.17, 15) is 0 Å². The fourth-order valence-corrected chi connectivity index (χ4v) is 5.40. The molecule has 0 unspecified atom stereocenters. The van der Waals surface area contributed by atoms with Gasteiger partial charge >= 0.3 is 0 Å². The minimum Gasteiger partial charge on any atom is -0.354 e. The van der Waals surface area contributed by atoms with E-state index < -0.39 is 0 Å². The first kappa shape index (κ1) is 18.3. The van der Waals surface area contributed by atoms with Crippen molar-refractivity contribution in [3.05, 3.63) is 115 Å². The number of fused-ring (bicyclic) bond motifs is 6. The van der Waals surface area contributed by atoms with Gasteiger partial charge in [0.1, 0.15) is 0 Å². The van der Waals surface area contributed by atoms with Gasteiger partial charge in [-0.1, -0.05) is 66.7 Å². The molecule has 0 amide bonds. The van der Waals surface area contributed by atoms with E-state index in [-0.39, 0.29) is 0 Å².